The topological polar surface area (TPSA) is 104 Å². The molecule has 2 aromatic rings. The highest BCUT2D eigenvalue weighted by atomic mass is 16.2. The molecular weight excluding hydrogens is 236 g/mol. The van der Waals surface area contributed by atoms with Crippen LogP contribution in [0.2, 0.25) is 0 Å². The van der Waals surface area contributed by atoms with Crippen LogP contribution in [0.3, 0.4) is 0 Å². The zero-order valence-electron chi connectivity index (χ0n) is 9.93. The zero-order valence-corrected chi connectivity index (χ0v) is 9.93. The highest BCUT2D eigenvalue weighted by Crippen LogP contribution is 2.03. The van der Waals surface area contributed by atoms with Crippen molar-refractivity contribution in [3.05, 3.63) is 22.9 Å². The number of rotatable bonds is 5. The molecule has 0 unspecified atom stereocenters. The highest BCUT2D eigenvalue weighted by Gasteiger charge is 2.04. The van der Waals surface area contributed by atoms with Gasteiger partial charge in [-0.3, -0.25) is 4.79 Å². The summed E-state index contributed by atoms with van der Waals surface area (Å²) in [7, 11) is 0. The molecule has 0 aliphatic carbocycles. The molecule has 0 aliphatic rings. The molecule has 2 heterocycles. The van der Waals surface area contributed by atoms with Gasteiger partial charge in [0, 0.05) is 12.6 Å². The average molecular weight is 250 g/mol. The predicted molar refractivity (Wildman–Crippen MR) is 65.4 cm³/mol. The molecule has 18 heavy (non-hydrogen) atoms. The van der Waals surface area contributed by atoms with Crippen LogP contribution in [0, 0.1) is 0 Å². The van der Waals surface area contributed by atoms with Crippen LogP contribution in [0.5, 0.6) is 0 Å². The standard InChI is InChI=1S/C10H14N6O2/c1-2-3-11-9(17)5-12-7-4-8-14-15-10(18)16(8)6-13-7/h4,6,12H,2-3,5H2,1H3,(H,11,17)(H,15,18). The number of hydrogen-bond acceptors (Lipinski definition) is 5. The van der Waals surface area contributed by atoms with Gasteiger partial charge in [0.25, 0.3) is 0 Å². The molecule has 2 aromatic heterocycles. The molecule has 0 radical (unpaired) electrons. The van der Waals surface area contributed by atoms with Gasteiger partial charge in [-0.05, 0) is 6.42 Å². The first kappa shape index (κ1) is 12.1. The maximum atomic E-state index is 11.4. The summed E-state index contributed by atoms with van der Waals surface area (Å²) in [5, 5.41) is 11.7. The van der Waals surface area contributed by atoms with Gasteiger partial charge >= 0.3 is 5.69 Å². The minimum atomic E-state index is -0.343. The van der Waals surface area contributed by atoms with Gasteiger partial charge in [-0.15, -0.1) is 0 Å². The smallest absolute Gasteiger partial charge is 0.348 e. The number of anilines is 1. The van der Waals surface area contributed by atoms with E-state index in [9.17, 15) is 9.59 Å². The van der Waals surface area contributed by atoms with Crippen LogP contribution in [-0.2, 0) is 4.79 Å². The summed E-state index contributed by atoms with van der Waals surface area (Å²) in [5.41, 5.74) is 0.108. The van der Waals surface area contributed by atoms with Gasteiger partial charge in [-0.25, -0.2) is 19.3 Å². The number of nitrogens with zero attached hydrogens (tertiary/aromatic N) is 3. The van der Waals surface area contributed by atoms with Crippen LogP contribution in [0.4, 0.5) is 5.82 Å². The number of carbonyl (C=O) groups excluding carboxylic acids is 1. The number of H-pyrrole nitrogens is 1. The van der Waals surface area contributed by atoms with Gasteiger partial charge in [0.15, 0.2) is 5.65 Å². The zero-order chi connectivity index (χ0) is 13.0. The van der Waals surface area contributed by atoms with E-state index in [4.69, 9.17) is 0 Å². The number of nitrogens with one attached hydrogen (secondary N) is 3. The Balaban J connectivity index is 1.99. The number of carbonyl (C=O) groups is 1. The van der Waals surface area contributed by atoms with Crippen LogP contribution < -0.4 is 16.3 Å². The number of fused-ring (bicyclic) bond motifs is 1. The van der Waals surface area contributed by atoms with Gasteiger partial charge in [0.05, 0.1) is 6.54 Å². The first-order valence-electron chi connectivity index (χ1n) is 5.64. The molecule has 0 bridgehead atoms. The molecule has 0 saturated heterocycles. The van der Waals surface area contributed by atoms with Crippen molar-refractivity contribution in [3.63, 3.8) is 0 Å². The lowest BCUT2D eigenvalue weighted by Crippen LogP contribution is -2.30. The fourth-order valence-corrected chi connectivity index (χ4v) is 1.40. The first-order valence-corrected chi connectivity index (χ1v) is 5.64. The highest BCUT2D eigenvalue weighted by molar-refractivity contribution is 5.80. The first-order chi connectivity index (χ1) is 8.70. The van der Waals surface area contributed by atoms with Crippen LogP contribution in [-0.4, -0.2) is 38.6 Å². The lowest BCUT2D eigenvalue weighted by atomic mass is 10.4. The summed E-state index contributed by atoms with van der Waals surface area (Å²) in [6, 6.07) is 1.59. The molecular formula is C10H14N6O2. The fraction of sp³-hybridized carbons (Fsp3) is 0.400. The van der Waals surface area contributed by atoms with E-state index >= 15 is 0 Å². The van der Waals surface area contributed by atoms with E-state index in [2.05, 4.69) is 25.8 Å². The third-order valence-electron chi connectivity index (χ3n) is 2.31. The van der Waals surface area contributed by atoms with Crippen molar-refractivity contribution in [2.75, 3.05) is 18.4 Å². The summed E-state index contributed by atoms with van der Waals surface area (Å²) in [4.78, 5) is 26.6. The van der Waals surface area contributed by atoms with Crippen LogP contribution in [0.25, 0.3) is 5.65 Å². The van der Waals surface area contributed by atoms with E-state index < -0.39 is 0 Å². The maximum Gasteiger partial charge on any atom is 0.348 e. The van der Waals surface area contributed by atoms with Gasteiger partial charge in [-0.2, -0.15) is 5.10 Å². The van der Waals surface area contributed by atoms with Crippen molar-refractivity contribution < 1.29 is 4.79 Å². The normalized spacial score (nSPS) is 10.5. The van der Waals surface area contributed by atoms with Crippen molar-refractivity contribution in [3.8, 4) is 0 Å². The van der Waals surface area contributed by atoms with Gasteiger partial charge < -0.3 is 10.6 Å². The quantitative estimate of drug-likeness (QED) is 0.654. The van der Waals surface area contributed by atoms with E-state index in [0.717, 1.165) is 6.42 Å². The summed E-state index contributed by atoms with van der Waals surface area (Å²) in [6.07, 6.45) is 2.25. The van der Waals surface area contributed by atoms with Crippen LogP contribution in [0.1, 0.15) is 13.3 Å². The molecule has 2 rings (SSSR count). The number of aromatic amines is 1. The van der Waals surface area contributed by atoms with Crippen LogP contribution in [0.15, 0.2) is 17.2 Å². The molecule has 8 nitrogen and oxygen atoms in total. The lowest BCUT2D eigenvalue weighted by molar-refractivity contribution is -0.119. The molecule has 0 saturated carbocycles. The van der Waals surface area contributed by atoms with Gasteiger partial charge in [-0.1, -0.05) is 6.92 Å². The van der Waals surface area contributed by atoms with E-state index in [-0.39, 0.29) is 18.1 Å². The molecule has 0 spiro atoms. The second-order valence-electron chi connectivity index (χ2n) is 3.73. The van der Waals surface area contributed by atoms with Crippen molar-refractivity contribution in [2.24, 2.45) is 0 Å². The maximum absolute atomic E-state index is 11.4. The monoisotopic (exact) mass is 250 g/mol. The largest absolute Gasteiger partial charge is 0.361 e. The second kappa shape index (κ2) is 5.30. The van der Waals surface area contributed by atoms with Crippen molar-refractivity contribution in [1.29, 1.82) is 0 Å². The van der Waals surface area contributed by atoms with Gasteiger partial charge in [0.2, 0.25) is 5.91 Å². The fourth-order valence-electron chi connectivity index (χ4n) is 1.40. The number of hydrogen-bond donors (Lipinski definition) is 3. The Bertz CT molecular complexity index is 602. The summed E-state index contributed by atoms with van der Waals surface area (Å²) in [5.74, 6) is 0.395. The summed E-state index contributed by atoms with van der Waals surface area (Å²) in [6.45, 7) is 2.78. The number of aromatic nitrogens is 4. The SMILES string of the molecule is CCCNC(=O)CNc1cc2n[nH]c(=O)n2cn1. The third kappa shape index (κ3) is 2.65. The Hall–Kier alpha value is -2.38. The Labute approximate surface area is 102 Å². The minimum Gasteiger partial charge on any atom is -0.361 e. The Kier molecular flexibility index (Phi) is 3.56. The van der Waals surface area contributed by atoms with Crippen molar-refractivity contribution in [1.82, 2.24) is 24.9 Å². The average Bonchev–Trinajstić information content (AvgIpc) is 2.75. The lowest BCUT2D eigenvalue weighted by Gasteiger charge is -2.05. The molecule has 3 N–H and O–H groups in total. The molecule has 0 atom stereocenters. The van der Waals surface area contributed by atoms with Crippen molar-refractivity contribution in [2.45, 2.75) is 13.3 Å². The van der Waals surface area contributed by atoms with Crippen molar-refractivity contribution >= 4 is 17.4 Å². The van der Waals surface area contributed by atoms with E-state index in [1.54, 1.807) is 6.07 Å². The Morgan fingerprint density at radius 2 is 2.39 bits per heavy atom. The molecule has 1 amide bonds. The Morgan fingerprint density at radius 3 is 3.17 bits per heavy atom. The second-order valence-corrected chi connectivity index (χ2v) is 3.73. The third-order valence-corrected chi connectivity index (χ3v) is 2.31. The van der Waals surface area contributed by atoms with E-state index in [1.165, 1.54) is 10.7 Å². The minimum absolute atomic E-state index is 0.0991. The van der Waals surface area contributed by atoms with E-state index in [0.29, 0.717) is 18.0 Å². The summed E-state index contributed by atoms with van der Waals surface area (Å²) >= 11 is 0. The molecule has 0 aliphatic heterocycles. The number of amides is 1. The molecule has 0 fully saturated rings. The predicted octanol–water partition coefficient (Wildman–Crippen LogP) is -0.644. The molecule has 96 valence electrons. The van der Waals surface area contributed by atoms with E-state index in [1.807, 2.05) is 6.92 Å². The summed E-state index contributed by atoms with van der Waals surface area (Å²) < 4.78 is 1.28. The molecule has 0 aromatic carbocycles. The Morgan fingerprint density at radius 1 is 1.56 bits per heavy atom. The van der Waals surface area contributed by atoms with Gasteiger partial charge in [0.1, 0.15) is 12.1 Å². The van der Waals surface area contributed by atoms with Crippen LogP contribution >= 0.6 is 0 Å². The molecule has 8 heteroatoms.